The molecule has 1 aliphatic rings. The number of rotatable bonds is 4. The maximum absolute atomic E-state index is 6.07. The van der Waals surface area contributed by atoms with Crippen molar-refractivity contribution in [3.05, 3.63) is 23.9 Å². The zero-order valence-electron chi connectivity index (χ0n) is 12.3. The minimum Gasteiger partial charge on any atom is -0.356 e. The van der Waals surface area contributed by atoms with E-state index in [1.807, 2.05) is 19.2 Å². The molecular weight excluding hydrogens is 234 g/mol. The topological polar surface area (TPSA) is 42.2 Å². The van der Waals surface area contributed by atoms with Crippen molar-refractivity contribution in [3.63, 3.8) is 0 Å². The summed E-state index contributed by atoms with van der Waals surface area (Å²) >= 11 is 0. The second kappa shape index (κ2) is 6.90. The van der Waals surface area contributed by atoms with Crippen LogP contribution >= 0.6 is 0 Å². The van der Waals surface area contributed by atoms with E-state index in [2.05, 4.69) is 22.9 Å². The predicted octanol–water partition coefficient (Wildman–Crippen LogP) is 3.51. The molecule has 0 bridgehead atoms. The lowest BCUT2D eigenvalue weighted by Crippen LogP contribution is -2.27. The average molecular weight is 261 g/mol. The molecule has 3 heteroatoms. The summed E-state index contributed by atoms with van der Waals surface area (Å²) in [4.78, 5) is 7.02. The standard InChI is InChI=1S/C16H27N3/c1-3-6-14-7-5-11-19(12-9-14)16-15(13(2)17)8-4-10-18-16/h4,8,10,13-14H,3,5-7,9,11-12,17H2,1-2H3/t13-,14?/m1/s1. The van der Waals surface area contributed by atoms with Gasteiger partial charge in [-0.25, -0.2) is 4.98 Å². The van der Waals surface area contributed by atoms with Crippen molar-refractivity contribution < 1.29 is 0 Å². The Kier molecular flexibility index (Phi) is 5.20. The van der Waals surface area contributed by atoms with Crippen LogP contribution in [0.25, 0.3) is 0 Å². The summed E-state index contributed by atoms with van der Waals surface area (Å²) in [7, 11) is 0. The van der Waals surface area contributed by atoms with Gasteiger partial charge in [-0.05, 0) is 38.2 Å². The zero-order valence-corrected chi connectivity index (χ0v) is 12.3. The molecular formula is C16H27N3. The van der Waals surface area contributed by atoms with E-state index in [4.69, 9.17) is 5.73 Å². The molecule has 2 rings (SSSR count). The Balaban J connectivity index is 2.10. The molecule has 1 fully saturated rings. The van der Waals surface area contributed by atoms with Crippen molar-refractivity contribution >= 4 is 5.82 Å². The second-order valence-electron chi connectivity index (χ2n) is 5.78. The highest BCUT2D eigenvalue weighted by molar-refractivity contribution is 5.48. The Bertz CT molecular complexity index is 389. The first-order valence-corrected chi connectivity index (χ1v) is 7.67. The Morgan fingerprint density at radius 3 is 3.00 bits per heavy atom. The van der Waals surface area contributed by atoms with Crippen LogP contribution in [0.3, 0.4) is 0 Å². The van der Waals surface area contributed by atoms with Crippen LogP contribution in [-0.4, -0.2) is 18.1 Å². The molecule has 106 valence electrons. The lowest BCUT2D eigenvalue weighted by Gasteiger charge is -2.25. The summed E-state index contributed by atoms with van der Waals surface area (Å²) in [5.41, 5.74) is 7.25. The zero-order chi connectivity index (χ0) is 13.7. The number of anilines is 1. The molecule has 0 spiro atoms. The van der Waals surface area contributed by atoms with Crippen LogP contribution in [0.4, 0.5) is 5.82 Å². The van der Waals surface area contributed by atoms with Crippen molar-refractivity contribution in [1.82, 2.24) is 4.98 Å². The van der Waals surface area contributed by atoms with Crippen molar-refractivity contribution in [3.8, 4) is 0 Å². The van der Waals surface area contributed by atoms with Gasteiger partial charge in [0.15, 0.2) is 0 Å². The van der Waals surface area contributed by atoms with Crippen molar-refractivity contribution in [2.24, 2.45) is 11.7 Å². The van der Waals surface area contributed by atoms with Crippen LogP contribution in [0.2, 0.25) is 0 Å². The smallest absolute Gasteiger partial charge is 0.133 e. The van der Waals surface area contributed by atoms with Crippen LogP contribution in [0.1, 0.15) is 57.6 Å². The van der Waals surface area contributed by atoms with Gasteiger partial charge in [-0.2, -0.15) is 0 Å². The number of pyridine rings is 1. The first-order chi connectivity index (χ1) is 9.22. The fraction of sp³-hybridized carbons (Fsp3) is 0.688. The van der Waals surface area contributed by atoms with E-state index in [1.165, 1.54) is 37.7 Å². The van der Waals surface area contributed by atoms with Gasteiger partial charge < -0.3 is 10.6 Å². The molecule has 0 aromatic carbocycles. The number of aromatic nitrogens is 1. The molecule has 1 aliphatic heterocycles. The molecule has 2 atom stereocenters. The maximum atomic E-state index is 6.07. The van der Waals surface area contributed by atoms with Crippen molar-refractivity contribution in [1.29, 1.82) is 0 Å². The summed E-state index contributed by atoms with van der Waals surface area (Å²) in [6.07, 6.45) is 8.50. The monoisotopic (exact) mass is 261 g/mol. The molecule has 19 heavy (non-hydrogen) atoms. The minimum absolute atomic E-state index is 0.0541. The third-order valence-electron chi connectivity index (χ3n) is 4.15. The molecule has 1 unspecified atom stereocenters. The average Bonchev–Trinajstić information content (AvgIpc) is 2.65. The van der Waals surface area contributed by atoms with E-state index in [0.717, 1.165) is 24.8 Å². The number of hydrogen-bond acceptors (Lipinski definition) is 3. The third kappa shape index (κ3) is 3.69. The van der Waals surface area contributed by atoms with Gasteiger partial charge in [0.2, 0.25) is 0 Å². The van der Waals surface area contributed by atoms with Crippen LogP contribution in [0.15, 0.2) is 18.3 Å². The van der Waals surface area contributed by atoms with Gasteiger partial charge in [-0.1, -0.05) is 25.8 Å². The minimum atomic E-state index is 0.0541. The summed E-state index contributed by atoms with van der Waals surface area (Å²) in [5.74, 6) is 2.01. The molecule has 1 aromatic rings. The van der Waals surface area contributed by atoms with Crippen LogP contribution in [0, 0.1) is 5.92 Å². The van der Waals surface area contributed by atoms with E-state index >= 15 is 0 Å². The molecule has 0 radical (unpaired) electrons. The van der Waals surface area contributed by atoms with Crippen molar-refractivity contribution in [2.75, 3.05) is 18.0 Å². The molecule has 2 N–H and O–H groups in total. The number of hydrogen-bond donors (Lipinski definition) is 1. The van der Waals surface area contributed by atoms with E-state index in [9.17, 15) is 0 Å². The summed E-state index contributed by atoms with van der Waals surface area (Å²) in [6, 6.07) is 4.15. The van der Waals surface area contributed by atoms with Crippen LogP contribution in [0.5, 0.6) is 0 Å². The summed E-state index contributed by atoms with van der Waals surface area (Å²) < 4.78 is 0. The van der Waals surface area contributed by atoms with Crippen LogP contribution < -0.4 is 10.6 Å². The largest absolute Gasteiger partial charge is 0.356 e. The summed E-state index contributed by atoms with van der Waals surface area (Å²) in [5, 5.41) is 0. The second-order valence-corrected chi connectivity index (χ2v) is 5.78. The highest BCUT2D eigenvalue weighted by Gasteiger charge is 2.20. The van der Waals surface area contributed by atoms with E-state index in [-0.39, 0.29) is 6.04 Å². The highest BCUT2D eigenvalue weighted by Crippen LogP contribution is 2.28. The Labute approximate surface area is 117 Å². The molecule has 3 nitrogen and oxygen atoms in total. The molecule has 0 aliphatic carbocycles. The quantitative estimate of drug-likeness (QED) is 0.902. The highest BCUT2D eigenvalue weighted by atomic mass is 15.2. The SMILES string of the molecule is CCCC1CCCN(c2ncccc2[C@@H](C)N)CC1. The first kappa shape index (κ1) is 14.3. The predicted molar refractivity (Wildman–Crippen MR) is 81.3 cm³/mol. The van der Waals surface area contributed by atoms with Gasteiger partial charge in [0, 0.05) is 30.9 Å². The molecule has 1 saturated heterocycles. The Morgan fingerprint density at radius 2 is 2.26 bits per heavy atom. The van der Waals surface area contributed by atoms with Gasteiger partial charge in [0.05, 0.1) is 0 Å². The summed E-state index contributed by atoms with van der Waals surface area (Å²) in [6.45, 7) is 6.58. The van der Waals surface area contributed by atoms with E-state index in [0.29, 0.717) is 0 Å². The lowest BCUT2D eigenvalue weighted by atomic mass is 9.96. The van der Waals surface area contributed by atoms with Crippen LogP contribution in [-0.2, 0) is 0 Å². The maximum Gasteiger partial charge on any atom is 0.133 e. The van der Waals surface area contributed by atoms with Gasteiger partial charge in [-0.15, -0.1) is 0 Å². The van der Waals surface area contributed by atoms with E-state index in [1.54, 1.807) is 0 Å². The van der Waals surface area contributed by atoms with Crippen molar-refractivity contribution in [2.45, 2.75) is 52.0 Å². The first-order valence-electron chi connectivity index (χ1n) is 7.67. The van der Waals surface area contributed by atoms with Gasteiger partial charge >= 0.3 is 0 Å². The Morgan fingerprint density at radius 1 is 1.42 bits per heavy atom. The normalized spacial score (nSPS) is 22.1. The van der Waals surface area contributed by atoms with Gasteiger partial charge in [0.1, 0.15) is 5.82 Å². The fourth-order valence-corrected chi connectivity index (χ4v) is 3.10. The number of nitrogens with two attached hydrogens (primary N) is 1. The van der Waals surface area contributed by atoms with E-state index < -0.39 is 0 Å². The molecule has 2 heterocycles. The number of nitrogens with zero attached hydrogens (tertiary/aromatic N) is 2. The van der Waals surface area contributed by atoms with Gasteiger partial charge in [-0.3, -0.25) is 0 Å². The third-order valence-corrected chi connectivity index (χ3v) is 4.15. The van der Waals surface area contributed by atoms with Gasteiger partial charge in [0.25, 0.3) is 0 Å². The fourth-order valence-electron chi connectivity index (χ4n) is 3.10. The molecule has 0 saturated carbocycles. The Hall–Kier alpha value is -1.09. The molecule has 0 amide bonds. The lowest BCUT2D eigenvalue weighted by molar-refractivity contribution is 0.435. The molecule has 1 aromatic heterocycles.